The van der Waals surface area contributed by atoms with E-state index in [1.165, 1.54) is 141 Å². The third-order valence-electron chi connectivity index (χ3n) is 8.43. The molecule has 14 nitrogen and oxygen atoms in total. The summed E-state index contributed by atoms with van der Waals surface area (Å²) in [5, 5.41) is 44.5. The largest absolute Gasteiger partial charge is 0.481 e. The molecule has 0 heterocycles. The Morgan fingerprint density at radius 3 is 0.767 bits per heavy atom. The van der Waals surface area contributed by atoms with Crippen LogP contribution in [0.5, 0.6) is 0 Å². The zero-order chi connectivity index (χ0) is 48.2. The first kappa shape index (κ1) is 70.8. The maximum Gasteiger partial charge on any atom is 0.312 e. The lowest BCUT2D eigenvalue weighted by Crippen LogP contribution is -2.33. The monoisotopic (exact) mass is 869 g/mol. The van der Waals surface area contributed by atoms with Gasteiger partial charge in [-0.1, -0.05) is 169 Å². The maximum atomic E-state index is 13.3. The van der Waals surface area contributed by atoms with Crippen LogP contribution >= 0.6 is 0 Å². The number of ether oxygens (including phenoxy) is 1. The number of unbranched alkanes of at least 4 members (excludes halogenated alkanes) is 14. The minimum atomic E-state index is -0.833. The van der Waals surface area contributed by atoms with E-state index in [4.69, 9.17) is 64.1 Å². The number of hydrogen-bond acceptors (Lipinski definition) is 8. The summed E-state index contributed by atoms with van der Waals surface area (Å²) in [6.45, 7) is 18.1. The first-order valence-corrected chi connectivity index (χ1v) is 22.3. The fourth-order valence-corrected chi connectivity index (χ4v) is 5.97. The highest BCUT2D eigenvalue weighted by Crippen LogP contribution is 2.39. The minimum absolute atomic E-state index is 0.114. The number of aliphatic carboxylic acids is 6. The van der Waals surface area contributed by atoms with Gasteiger partial charge in [0.1, 0.15) is 0 Å². The Hall–Kier alpha value is -3.71. The van der Waals surface area contributed by atoms with Gasteiger partial charge in [0.2, 0.25) is 0 Å². The summed E-state index contributed by atoms with van der Waals surface area (Å²) in [7, 11) is 0. The van der Waals surface area contributed by atoms with Gasteiger partial charge in [0, 0.05) is 41.5 Å². The molecule has 0 saturated heterocycles. The Morgan fingerprint density at radius 1 is 0.367 bits per heavy atom. The van der Waals surface area contributed by atoms with Gasteiger partial charge in [-0.2, -0.15) is 0 Å². The lowest BCUT2D eigenvalue weighted by atomic mass is 9.73. The van der Waals surface area contributed by atoms with Crippen molar-refractivity contribution < 1.29 is 68.9 Å². The van der Waals surface area contributed by atoms with E-state index in [0.717, 1.165) is 66.7 Å². The standard InChI is InChI=1S/C34H68O2.6C2H4O2/c1-6-11-15-20-26-32(27-21-16-12-7-2)28-22-19-25-31-34(33(35)36-10-5,29-23-17-13-8-3)30-24-18-14-9-4;6*1-2(3)4/h32H,6-31H2,1-5H3;6*1H3,(H,3,4). The van der Waals surface area contributed by atoms with Gasteiger partial charge in [-0.25, -0.2) is 0 Å². The number of carbonyl (C=O) groups excluding carboxylic acids is 1. The maximum absolute atomic E-state index is 13.3. The van der Waals surface area contributed by atoms with Crippen molar-refractivity contribution in [2.24, 2.45) is 11.3 Å². The highest BCUT2D eigenvalue weighted by atomic mass is 16.5. The first-order valence-electron chi connectivity index (χ1n) is 22.3. The summed E-state index contributed by atoms with van der Waals surface area (Å²) >= 11 is 0. The molecule has 0 radical (unpaired) electrons. The van der Waals surface area contributed by atoms with Crippen LogP contribution in [0.4, 0.5) is 0 Å². The second kappa shape index (κ2) is 57.4. The summed E-state index contributed by atoms with van der Waals surface area (Å²) in [4.78, 5) is 67.3. The smallest absolute Gasteiger partial charge is 0.312 e. The van der Waals surface area contributed by atoms with Gasteiger partial charge in [0.05, 0.1) is 12.0 Å². The van der Waals surface area contributed by atoms with Crippen LogP contribution < -0.4 is 0 Å². The summed E-state index contributed by atoms with van der Waals surface area (Å²) in [5.74, 6) is -3.96. The van der Waals surface area contributed by atoms with E-state index >= 15 is 0 Å². The summed E-state index contributed by atoms with van der Waals surface area (Å²) in [5.41, 5.74) is -0.225. The van der Waals surface area contributed by atoms with Crippen LogP contribution in [0.2, 0.25) is 0 Å². The van der Waals surface area contributed by atoms with Crippen LogP contribution in [-0.2, 0) is 38.3 Å². The number of carboxylic acids is 6. The lowest BCUT2D eigenvalue weighted by molar-refractivity contribution is -0.157. The molecule has 6 N–H and O–H groups in total. The molecule has 60 heavy (non-hydrogen) atoms. The fraction of sp³-hybridized carbons (Fsp3) is 0.848. The topological polar surface area (TPSA) is 250 Å². The zero-order valence-electron chi connectivity index (χ0n) is 39.9. The molecular formula is C46H92O14. The normalized spacial score (nSPS) is 9.67. The first-order chi connectivity index (χ1) is 28.0. The molecule has 0 spiro atoms. The Balaban J connectivity index is -0.000000189. The number of esters is 1. The van der Waals surface area contributed by atoms with Crippen LogP contribution in [0, 0.1) is 11.3 Å². The van der Waals surface area contributed by atoms with Crippen LogP contribution in [0.3, 0.4) is 0 Å². The second-order valence-corrected chi connectivity index (χ2v) is 14.9. The fourth-order valence-electron chi connectivity index (χ4n) is 5.97. The second-order valence-electron chi connectivity index (χ2n) is 14.9. The Kier molecular flexibility index (Phi) is 67.7. The molecule has 0 aromatic carbocycles. The van der Waals surface area contributed by atoms with E-state index in [-0.39, 0.29) is 11.4 Å². The van der Waals surface area contributed by atoms with Gasteiger partial charge in [-0.3, -0.25) is 33.6 Å². The summed E-state index contributed by atoms with van der Waals surface area (Å²) in [6, 6.07) is 0. The van der Waals surface area contributed by atoms with E-state index < -0.39 is 35.8 Å². The van der Waals surface area contributed by atoms with Crippen molar-refractivity contribution in [2.45, 2.75) is 237 Å². The zero-order valence-corrected chi connectivity index (χ0v) is 39.9. The third-order valence-corrected chi connectivity index (χ3v) is 8.43. The molecule has 0 bridgehead atoms. The van der Waals surface area contributed by atoms with Crippen molar-refractivity contribution in [1.82, 2.24) is 0 Å². The van der Waals surface area contributed by atoms with E-state index in [0.29, 0.717) is 6.61 Å². The van der Waals surface area contributed by atoms with Crippen molar-refractivity contribution in [1.29, 1.82) is 0 Å². The molecule has 0 unspecified atom stereocenters. The molecule has 0 fully saturated rings. The van der Waals surface area contributed by atoms with E-state index in [1.54, 1.807) is 0 Å². The van der Waals surface area contributed by atoms with Crippen molar-refractivity contribution in [3.8, 4) is 0 Å². The quantitative estimate of drug-likeness (QED) is 0.0316. The molecule has 0 aromatic rings. The van der Waals surface area contributed by atoms with Crippen LogP contribution in [0.1, 0.15) is 237 Å². The van der Waals surface area contributed by atoms with Gasteiger partial charge >= 0.3 is 5.97 Å². The molecule has 0 aliphatic carbocycles. The SMILES string of the molecule is CC(=O)O.CC(=O)O.CC(=O)O.CC(=O)O.CC(=O)O.CC(=O)O.CCCCCCC(CCCCCC)CCCCCC(CCCCCC)(CCCCCC)C(=O)OCC. The molecule has 0 aromatic heterocycles. The Bertz CT molecular complexity index is 856. The minimum Gasteiger partial charge on any atom is -0.481 e. The van der Waals surface area contributed by atoms with Gasteiger partial charge in [0.25, 0.3) is 35.8 Å². The van der Waals surface area contributed by atoms with E-state index in [9.17, 15) is 4.79 Å². The van der Waals surface area contributed by atoms with Crippen molar-refractivity contribution in [2.75, 3.05) is 6.61 Å². The molecular weight excluding hydrogens is 776 g/mol. The van der Waals surface area contributed by atoms with E-state index in [1.807, 2.05) is 6.92 Å². The number of rotatable bonds is 28. The van der Waals surface area contributed by atoms with Crippen LogP contribution in [-0.4, -0.2) is 79.0 Å². The molecule has 0 rings (SSSR count). The summed E-state index contributed by atoms with van der Waals surface area (Å²) < 4.78 is 5.71. The predicted molar refractivity (Wildman–Crippen MR) is 241 cm³/mol. The third kappa shape index (κ3) is 95.0. The van der Waals surface area contributed by atoms with Crippen molar-refractivity contribution in [3.05, 3.63) is 0 Å². The molecule has 0 aliphatic heterocycles. The number of hydrogen-bond donors (Lipinski definition) is 6. The molecule has 0 saturated carbocycles. The Morgan fingerprint density at radius 2 is 0.567 bits per heavy atom. The summed E-state index contributed by atoms with van der Waals surface area (Å²) in [6.07, 6.45) is 32.3. The van der Waals surface area contributed by atoms with Gasteiger partial charge in [-0.15, -0.1) is 0 Å². The van der Waals surface area contributed by atoms with Crippen molar-refractivity contribution in [3.63, 3.8) is 0 Å². The van der Waals surface area contributed by atoms with Crippen LogP contribution in [0.15, 0.2) is 0 Å². The number of carboxylic acid groups (broad SMARTS) is 6. The van der Waals surface area contributed by atoms with Gasteiger partial charge in [-0.05, 0) is 32.1 Å². The van der Waals surface area contributed by atoms with Crippen molar-refractivity contribution >= 4 is 41.8 Å². The predicted octanol–water partition coefficient (Wildman–Crippen LogP) is 12.5. The molecule has 0 atom stereocenters. The number of carbonyl (C=O) groups is 7. The van der Waals surface area contributed by atoms with E-state index in [2.05, 4.69) is 27.7 Å². The Labute approximate surface area is 364 Å². The lowest BCUT2D eigenvalue weighted by Gasteiger charge is -2.32. The van der Waals surface area contributed by atoms with Gasteiger partial charge in [0.15, 0.2) is 0 Å². The van der Waals surface area contributed by atoms with Gasteiger partial charge < -0.3 is 35.4 Å². The molecule has 0 aliphatic rings. The highest BCUT2D eigenvalue weighted by Gasteiger charge is 2.38. The molecule has 0 amide bonds. The molecule has 360 valence electrons. The molecule has 14 heteroatoms. The van der Waals surface area contributed by atoms with Crippen LogP contribution in [0.25, 0.3) is 0 Å². The highest BCUT2D eigenvalue weighted by molar-refractivity contribution is 5.76. The average molecular weight is 869 g/mol. The average Bonchev–Trinajstić information content (AvgIpc) is 3.10.